The molecule has 0 aliphatic heterocycles. The zero-order chi connectivity index (χ0) is 18.8. The molecule has 0 radical (unpaired) electrons. The molecule has 2 aromatic carbocycles. The summed E-state index contributed by atoms with van der Waals surface area (Å²) < 4.78 is 1.99. The molecule has 1 amide bonds. The fraction of sp³-hybridized carbons (Fsp3) is 0.0455. The third kappa shape index (κ3) is 3.29. The average Bonchev–Trinajstić information content (AvgIpc) is 3.14. The van der Waals surface area contributed by atoms with Crippen LogP contribution in [0.25, 0.3) is 16.9 Å². The molecule has 1 N–H and O–H groups in total. The molecule has 0 fully saturated rings. The molecule has 0 unspecified atom stereocenters. The summed E-state index contributed by atoms with van der Waals surface area (Å²) in [4.78, 5) is 17.2. The third-order valence-electron chi connectivity index (χ3n) is 4.35. The fourth-order valence-electron chi connectivity index (χ4n) is 2.98. The highest BCUT2D eigenvalue weighted by Gasteiger charge is 2.10. The van der Waals surface area contributed by atoms with Gasteiger partial charge in [-0.2, -0.15) is 5.26 Å². The number of carbonyl (C=O) groups excluding carboxylic acids is 1. The van der Waals surface area contributed by atoms with Gasteiger partial charge in [-0.1, -0.05) is 24.3 Å². The Morgan fingerprint density at radius 1 is 1.11 bits per heavy atom. The number of carbonyl (C=O) groups is 1. The highest BCUT2D eigenvalue weighted by molar-refractivity contribution is 6.04. The van der Waals surface area contributed by atoms with Crippen molar-refractivity contribution in [2.24, 2.45) is 0 Å². The highest BCUT2D eigenvalue weighted by Crippen LogP contribution is 2.24. The number of nitrogens with one attached hydrogen (secondary N) is 1. The summed E-state index contributed by atoms with van der Waals surface area (Å²) in [5.74, 6) is -0.255. The molecule has 27 heavy (non-hydrogen) atoms. The van der Waals surface area contributed by atoms with Gasteiger partial charge in [0.25, 0.3) is 5.91 Å². The van der Waals surface area contributed by atoms with Crippen molar-refractivity contribution in [1.82, 2.24) is 9.38 Å². The van der Waals surface area contributed by atoms with E-state index in [1.165, 1.54) is 0 Å². The van der Waals surface area contributed by atoms with E-state index in [1.54, 1.807) is 24.3 Å². The molecule has 0 saturated carbocycles. The first-order chi connectivity index (χ1) is 13.1. The van der Waals surface area contributed by atoms with Crippen LogP contribution in [-0.4, -0.2) is 15.3 Å². The van der Waals surface area contributed by atoms with Gasteiger partial charge in [0.05, 0.1) is 17.3 Å². The van der Waals surface area contributed by atoms with Gasteiger partial charge < -0.3 is 9.72 Å². The molecular formula is C22H16N4O. The predicted octanol–water partition coefficient (Wildman–Crippen LogP) is 4.43. The van der Waals surface area contributed by atoms with Gasteiger partial charge >= 0.3 is 0 Å². The maximum absolute atomic E-state index is 12.5. The van der Waals surface area contributed by atoms with E-state index in [4.69, 9.17) is 10.2 Å². The van der Waals surface area contributed by atoms with Crippen molar-refractivity contribution in [2.75, 3.05) is 5.32 Å². The molecule has 0 spiro atoms. The van der Waals surface area contributed by atoms with Gasteiger partial charge in [-0.15, -0.1) is 0 Å². The lowest BCUT2D eigenvalue weighted by atomic mass is 10.1. The topological polar surface area (TPSA) is 70.2 Å². The molecule has 0 saturated heterocycles. The van der Waals surface area contributed by atoms with Crippen LogP contribution >= 0.6 is 0 Å². The summed E-state index contributed by atoms with van der Waals surface area (Å²) >= 11 is 0. The van der Waals surface area contributed by atoms with E-state index in [-0.39, 0.29) is 5.91 Å². The van der Waals surface area contributed by atoms with Gasteiger partial charge in [0, 0.05) is 29.2 Å². The van der Waals surface area contributed by atoms with E-state index in [9.17, 15) is 4.79 Å². The Hall–Kier alpha value is -3.91. The van der Waals surface area contributed by atoms with Crippen molar-refractivity contribution in [3.8, 4) is 17.3 Å². The maximum atomic E-state index is 12.5. The van der Waals surface area contributed by atoms with E-state index in [2.05, 4.69) is 5.32 Å². The van der Waals surface area contributed by atoms with Crippen LogP contribution in [0.3, 0.4) is 0 Å². The standard InChI is InChI=1S/C22H16N4O/c1-15-5-4-10-26-14-20(25-21(15)26)17-7-3-9-19(12-17)24-22(27)18-8-2-6-16(11-18)13-23/h2-12,14H,1H3,(H,24,27). The number of hydrogen-bond acceptors (Lipinski definition) is 3. The molecule has 2 heterocycles. The largest absolute Gasteiger partial charge is 0.322 e. The monoisotopic (exact) mass is 352 g/mol. The quantitative estimate of drug-likeness (QED) is 0.593. The first-order valence-corrected chi connectivity index (χ1v) is 8.50. The van der Waals surface area contributed by atoms with E-state index in [1.807, 2.05) is 66.2 Å². The van der Waals surface area contributed by atoms with Crippen LogP contribution < -0.4 is 5.32 Å². The predicted molar refractivity (Wildman–Crippen MR) is 104 cm³/mol. The molecule has 0 aliphatic carbocycles. The number of aromatic nitrogens is 2. The van der Waals surface area contributed by atoms with Crippen molar-refractivity contribution in [1.29, 1.82) is 5.26 Å². The molecule has 5 heteroatoms. The Morgan fingerprint density at radius 2 is 1.96 bits per heavy atom. The van der Waals surface area contributed by atoms with Crippen molar-refractivity contribution < 1.29 is 4.79 Å². The third-order valence-corrected chi connectivity index (χ3v) is 4.35. The maximum Gasteiger partial charge on any atom is 0.255 e. The molecule has 4 aromatic rings. The Morgan fingerprint density at radius 3 is 2.78 bits per heavy atom. The van der Waals surface area contributed by atoms with Gasteiger partial charge in [0.1, 0.15) is 5.65 Å². The molecule has 5 nitrogen and oxygen atoms in total. The Labute approximate surface area is 156 Å². The van der Waals surface area contributed by atoms with Crippen LogP contribution in [0.1, 0.15) is 21.5 Å². The molecule has 2 aromatic heterocycles. The van der Waals surface area contributed by atoms with Gasteiger partial charge in [-0.05, 0) is 48.9 Å². The molecule has 4 rings (SSSR count). The summed E-state index contributed by atoms with van der Waals surface area (Å²) in [5.41, 5.74) is 5.35. The van der Waals surface area contributed by atoms with Gasteiger partial charge in [0.2, 0.25) is 0 Å². The minimum atomic E-state index is -0.255. The van der Waals surface area contributed by atoms with Crippen molar-refractivity contribution in [2.45, 2.75) is 6.92 Å². The molecule has 0 aliphatic rings. The molecule has 0 bridgehead atoms. The minimum Gasteiger partial charge on any atom is -0.322 e. The Bertz CT molecular complexity index is 1200. The number of fused-ring (bicyclic) bond motifs is 1. The lowest BCUT2D eigenvalue weighted by Gasteiger charge is -2.07. The van der Waals surface area contributed by atoms with Gasteiger partial charge in [-0.3, -0.25) is 4.79 Å². The average molecular weight is 352 g/mol. The summed E-state index contributed by atoms with van der Waals surface area (Å²) in [5, 5.41) is 11.9. The first-order valence-electron chi connectivity index (χ1n) is 8.50. The SMILES string of the molecule is Cc1cccn2cc(-c3cccc(NC(=O)c4cccc(C#N)c4)c3)nc12. The second kappa shape index (κ2) is 6.77. The van der Waals surface area contributed by atoms with Crippen LogP contribution in [0.5, 0.6) is 0 Å². The number of hydrogen-bond donors (Lipinski definition) is 1. The van der Waals surface area contributed by atoms with Crippen molar-refractivity contribution in [3.63, 3.8) is 0 Å². The number of pyridine rings is 1. The number of rotatable bonds is 3. The molecule has 130 valence electrons. The smallest absolute Gasteiger partial charge is 0.255 e. The van der Waals surface area contributed by atoms with Gasteiger partial charge in [-0.25, -0.2) is 4.98 Å². The molecular weight excluding hydrogens is 336 g/mol. The van der Waals surface area contributed by atoms with Crippen LogP contribution in [0.15, 0.2) is 73.1 Å². The van der Waals surface area contributed by atoms with Gasteiger partial charge in [0.15, 0.2) is 0 Å². The zero-order valence-electron chi connectivity index (χ0n) is 14.7. The zero-order valence-corrected chi connectivity index (χ0v) is 14.7. The fourth-order valence-corrected chi connectivity index (χ4v) is 2.98. The van der Waals surface area contributed by atoms with Crippen LogP contribution in [0, 0.1) is 18.3 Å². The summed E-state index contributed by atoms with van der Waals surface area (Å²) in [7, 11) is 0. The van der Waals surface area contributed by atoms with E-state index >= 15 is 0 Å². The molecule has 0 atom stereocenters. The number of benzene rings is 2. The summed E-state index contributed by atoms with van der Waals surface area (Å²) in [6.45, 7) is 2.03. The first kappa shape index (κ1) is 16.6. The Balaban J connectivity index is 1.63. The van der Waals surface area contributed by atoms with Crippen LogP contribution in [0.2, 0.25) is 0 Å². The summed E-state index contributed by atoms with van der Waals surface area (Å²) in [6, 6.07) is 20.2. The minimum absolute atomic E-state index is 0.255. The van der Waals surface area contributed by atoms with E-state index < -0.39 is 0 Å². The number of anilines is 1. The van der Waals surface area contributed by atoms with E-state index in [0.29, 0.717) is 16.8 Å². The normalized spacial score (nSPS) is 10.5. The number of aryl methyl sites for hydroxylation is 1. The number of amides is 1. The second-order valence-electron chi connectivity index (χ2n) is 6.28. The number of nitrogens with zero attached hydrogens (tertiary/aromatic N) is 3. The lowest BCUT2D eigenvalue weighted by Crippen LogP contribution is -2.11. The van der Waals surface area contributed by atoms with Crippen LogP contribution in [-0.2, 0) is 0 Å². The lowest BCUT2D eigenvalue weighted by molar-refractivity contribution is 0.102. The highest BCUT2D eigenvalue weighted by atomic mass is 16.1. The van der Waals surface area contributed by atoms with E-state index in [0.717, 1.165) is 22.5 Å². The Kier molecular flexibility index (Phi) is 4.15. The number of imidazole rings is 1. The van der Waals surface area contributed by atoms with Crippen molar-refractivity contribution >= 4 is 17.2 Å². The second-order valence-corrected chi connectivity index (χ2v) is 6.28. The summed E-state index contributed by atoms with van der Waals surface area (Å²) in [6.07, 6.45) is 3.94. The van der Waals surface area contributed by atoms with Crippen molar-refractivity contribution in [3.05, 3.63) is 89.7 Å². The number of nitriles is 1. The van der Waals surface area contributed by atoms with Crippen LogP contribution in [0.4, 0.5) is 5.69 Å².